The third kappa shape index (κ3) is 9.43. The highest BCUT2D eigenvalue weighted by molar-refractivity contribution is 8.00. The Balaban J connectivity index is 1.16. The van der Waals surface area contributed by atoms with Crippen molar-refractivity contribution in [2.45, 2.75) is 24.0 Å². The lowest BCUT2D eigenvalue weighted by Crippen LogP contribution is -2.30. The third-order valence-electron chi connectivity index (χ3n) is 9.21. The maximum absolute atomic E-state index is 14.3. The van der Waals surface area contributed by atoms with Gasteiger partial charge >= 0.3 is 5.97 Å². The standard InChI is InChI=1S/C48H39N3O5S2/c1-3-56-48(55)42-40(33-26-24-31(2)25-27-33)30-57-47(42)51-46(54)43(34-15-6-4-7-16-34)58-38-22-13-21-37(29-38)49-45(53)41(50-44(52)35-17-8-5-9-18-35)28-36-20-12-19-32-14-10-11-23-39(32)36/h4-30,43H,3H2,1-2H3,(H,49,53)(H,50,52)(H,51,54)/b41-28+. The minimum Gasteiger partial charge on any atom is -0.462 e. The zero-order valence-electron chi connectivity index (χ0n) is 31.7. The smallest absolute Gasteiger partial charge is 0.341 e. The Hall–Kier alpha value is -6.75. The van der Waals surface area contributed by atoms with Gasteiger partial charge in [-0.25, -0.2) is 4.79 Å². The van der Waals surface area contributed by atoms with E-state index in [9.17, 15) is 19.2 Å². The van der Waals surface area contributed by atoms with Gasteiger partial charge in [0.2, 0.25) is 5.91 Å². The summed E-state index contributed by atoms with van der Waals surface area (Å²) in [4.78, 5) is 55.7. The summed E-state index contributed by atoms with van der Waals surface area (Å²) < 4.78 is 5.44. The van der Waals surface area contributed by atoms with Crippen LogP contribution >= 0.6 is 23.1 Å². The summed E-state index contributed by atoms with van der Waals surface area (Å²) >= 11 is 2.57. The molecule has 0 aliphatic heterocycles. The number of amides is 3. The van der Waals surface area contributed by atoms with E-state index in [0.717, 1.165) is 33.0 Å². The third-order valence-corrected chi connectivity index (χ3v) is 11.4. The molecule has 1 unspecified atom stereocenters. The second-order valence-electron chi connectivity index (χ2n) is 13.3. The lowest BCUT2D eigenvalue weighted by Gasteiger charge is -2.18. The molecule has 0 aliphatic rings. The molecule has 3 amide bonds. The SMILES string of the molecule is CCOC(=O)c1c(-c2ccc(C)cc2)csc1NC(=O)C(Sc1cccc(NC(=O)/C(=C\c2cccc3ccccc23)NC(=O)c2ccccc2)c1)c1ccccc1. The number of thiophene rings is 1. The molecule has 3 N–H and O–H groups in total. The summed E-state index contributed by atoms with van der Waals surface area (Å²) in [6.45, 7) is 3.93. The monoisotopic (exact) mass is 801 g/mol. The lowest BCUT2D eigenvalue weighted by atomic mass is 10.0. The Bertz CT molecular complexity index is 2620. The number of carbonyl (C=O) groups is 4. The van der Waals surface area contributed by atoms with Crippen molar-refractivity contribution in [1.82, 2.24) is 5.32 Å². The fraction of sp³-hybridized carbons (Fsp3) is 0.0833. The summed E-state index contributed by atoms with van der Waals surface area (Å²) in [5.74, 6) is -1.80. The predicted molar refractivity (Wildman–Crippen MR) is 235 cm³/mol. The second kappa shape index (κ2) is 18.5. The molecule has 0 saturated heterocycles. The van der Waals surface area contributed by atoms with Crippen molar-refractivity contribution in [3.63, 3.8) is 0 Å². The number of anilines is 2. The van der Waals surface area contributed by atoms with Crippen LogP contribution < -0.4 is 16.0 Å². The molecule has 0 fully saturated rings. The van der Waals surface area contributed by atoms with Crippen LogP contribution in [0.15, 0.2) is 168 Å². The number of thioether (sulfide) groups is 1. The number of nitrogens with one attached hydrogen (secondary N) is 3. The molecule has 1 heterocycles. The van der Waals surface area contributed by atoms with Gasteiger partial charge in [0.15, 0.2) is 0 Å². The van der Waals surface area contributed by atoms with E-state index in [4.69, 9.17) is 4.74 Å². The quantitative estimate of drug-likeness (QED) is 0.0608. The van der Waals surface area contributed by atoms with Gasteiger partial charge in [0, 0.05) is 27.1 Å². The van der Waals surface area contributed by atoms with Crippen LogP contribution in [0.25, 0.3) is 28.0 Å². The average molecular weight is 802 g/mol. The Morgan fingerprint density at radius 3 is 2.21 bits per heavy atom. The van der Waals surface area contributed by atoms with Crippen molar-refractivity contribution in [3.8, 4) is 11.1 Å². The molecular weight excluding hydrogens is 763 g/mol. The van der Waals surface area contributed by atoms with Gasteiger partial charge in [-0.05, 0) is 77.7 Å². The van der Waals surface area contributed by atoms with Crippen LogP contribution in [0.1, 0.15) is 49.6 Å². The molecule has 1 aromatic heterocycles. The Kier molecular flexibility index (Phi) is 12.6. The number of hydrogen-bond acceptors (Lipinski definition) is 7. The number of hydrogen-bond donors (Lipinski definition) is 3. The predicted octanol–water partition coefficient (Wildman–Crippen LogP) is 10.9. The summed E-state index contributed by atoms with van der Waals surface area (Å²) in [7, 11) is 0. The first-order valence-corrected chi connectivity index (χ1v) is 20.4. The van der Waals surface area contributed by atoms with E-state index in [1.165, 1.54) is 23.1 Å². The molecule has 8 nitrogen and oxygen atoms in total. The van der Waals surface area contributed by atoms with Crippen molar-refractivity contribution < 1.29 is 23.9 Å². The van der Waals surface area contributed by atoms with Crippen LogP contribution in [0.2, 0.25) is 0 Å². The second-order valence-corrected chi connectivity index (χ2v) is 15.3. The molecule has 7 aromatic rings. The Labute approximate surface area is 345 Å². The highest BCUT2D eigenvalue weighted by Crippen LogP contribution is 2.40. The molecule has 7 rings (SSSR count). The number of fused-ring (bicyclic) bond motifs is 1. The van der Waals surface area contributed by atoms with Gasteiger partial charge in [-0.1, -0.05) is 127 Å². The van der Waals surface area contributed by atoms with Gasteiger partial charge in [0.05, 0.1) is 6.61 Å². The highest BCUT2D eigenvalue weighted by Gasteiger charge is 2.28. The van der Waals surface area contributed by atoms with Gasteiger partial charge in [-0.15, -0.1) is 23.1 Å². The van der Waals surface area contributed by atoms with E-state index in [1.807, 2.05) is 121 Å². The number of benzene rings is 6. The van der Waals surface area contributed by atoms with Crippen LogP contribution in [0, 0.1) is 6.92 Å². The largest absolute Gasteiger partial charge is 0.462 e. The first kappa shape index (κ1) is 39.5. The maximum Gasteiger partial charge on any atom is 0.341 e. The van der Waals surface area contributed by atoms with E-state index in [1.54, 1.807) is 55.5 Å². The molecule has 58 heavy (non-hydrogen) atoms. The van der Waals surface area contributed by atoms with Gasteiger partial charge in [0.25, 0.3) is 11.8 Å². The molecule has 0 radical (unpaired) electrons. The molecular formula is C48H39N3O5S2. The molecule has 288 valence electrons. The number of carbonyl (C=O) groups excluding carboxylic acids is 4. The topological polar surface area (TPSA) is 114 Å². The van der Waals surface area contributed by atoms with Crippen molar-refractivity contribution in [2.24, 2.45) is 0 Å². The van der Waals surface area contributed by atoms with Gasteiger partial charge in [-0.3, -0.25) is 14.4 Å². The average Bonchev–Trinajstić information content (AvgIpc) is 3.67. The summed E-state index contributed by atoms with van der Waals surface area (Å²) in [5, 5.41) is 12.3. The molecule has 10 heteroatoms. The van der Waals surface area contributed by atoms with Crippen LogP contribution in [-0.2, 0) is 14.3 Å². The first-order valence-electron chi connectivity index (χ1n) is 18.6. The fourth-order valence-electron chi connectivity index (χ4n) is 6.34. The molecule has 0 bridgehead atoms. The van der Waals surface area contributed by atoms with Crippen LogP contribution in [0.5, 0.6) is 0 Å². The minimum absolute atomic E-state index is 0.0585. The molecule has 0 saturated carbocycles. The van der Waals surface area contributed by atoms with Gasteiger partial charge in [-0.2, -0.15) is 0 Å². The number of ether oxygens (including phenoxy) is 1. The van der Waals surface area contributed by atoms with E-state index in [0.29, 0.717) is 32.3 Å². The molecule has 6 aromatic carbocycles. The van der Waals surface area contributed by atoms with Crippen molar-refractivity contribution in [3.05, 3.63) is 191 Å². The van der Waals surface area contributed by atoms with Crippen LogP contribution in [0.4, 0.5) is 10.7 Å². The van der Waals surface area contributed by atoms with E-state index in [-0.39, 0.29) is 18.2 Å². The zero-order chi connectivity index (χ0) is 40.4. The van der Waals surface area contributed by atoms with Gasteiger partial charge in [0.1, 0.15) is 21.5 Å². The minimum atomic E-state index is -0.737. The summed E-state index contributed by atoms with van der Waals surface area (Å²) in [6.07, 6.45) is 1.67. The number of aryl methyl sites for hydroxylation is 1. The van der Waals surface area contributed by atoms with Crippen molar-refractivity contribution >= 4 is 74.3 Å². The van der Waals surface area contributed by atoms with E-state index >= 15 is 0 Å². The molecule has 0 spiro atoms. The number of esters is 1. The Morgan fingerprint density at radius 1 is 0.759 bits per heavy atom. The first-order chi connectivity index (χ1) is 28.3. The van der Waals surface area contributed by atoms with E-state index < -0.39 is 23.0 Å². The van der Waals surface area contributed by atoms with Crippen molar-refractivity contribution in [2.75, 3.05) is 17.2 Å². The molecule has 0 aliphatic carbocycles. The maximum atomic E-state index is 14.3. The molecule has 1 atom stereocenters. The highest BCUT2D eigenvalue weighted by atomic mass is 32.2. The normalized spacial score (nSPS) is 11.7. The van der Waals surface area contributed by atoms with Gasteiger partial charge < -0.3 is 20.7 Å². The van der Waals surface area contributed by atoms with E-state index in [2.05, 4.69) is 16.0 Å². The van der Waals surface area contributed by atoms with Crippen molar-refractivity contribution in [1.29, 1.82) is 0 Å². The zero-order valence-corrected chi connectivity index (χ0v) is 33.4. The lowest BCUT2D eigenvalue weighted by molar-refractivity contribution is -0.116. The number of rotatable bonds is 13. The summed E-state index contributed by atoms with van der Waals surface area (Å²) in [5.41, 5.74) is 5.35. The fourth-order valence-corrected chi connectivity index (χ4v) is 8.38. The van der Waals surface area contributed by atoms with Crippen LogP contribution in [0.3, 0.4) is 0 Å². The Morgan fingerprint density at radius 2 is 1.45 bits per heavy atom. The van der Waals surface area contributed by atoms with Crippen LogP contribution in [-0.4, -0.2) is 30.3 Å². The summed E-state index contributed by atoms with van der Waals surface area (Å²) in [6, 6.07) is 46.7.